The van der Waals surface area contributed by atoms with E-state index in [9.17, 15) is 9.18 Å². The number of carbonyl (C=O) groups is 1. The van der Waals surface area contributed by atoms with E-state index in [0.29, 0.717) is 28.2 Å². The van der Waals surface area contributed by atoms with Crippen LogP contribution in [0.15, 0.2) is 22.8 Å². The minimum Gasteiger partial charge on any atom is -0.465 e. The summed E-state index contributed by atoms with van der Waals surface area (Å²) in [6, 6.07) is 1.96. The maximum absolute atomic E-state index is 13.9. The molecule has 1 heterocycles. The van der Waals surface area contributed by atoms with E-state index in [2.05, 4.69) is 0 Å². The van der Waals surface area contributed by atoms with Gasteiger partial charge in [0.2, 0.25) is 0 Å². The lowest BCUT2D eigenvalue weighted by Crippen LogP contribution is -2.32. The Labute approximate surface area is 133 Å². The van der Waals surface area contributed by atoms with Crippen LogP contribution in [0.2, 0.25) is 5.02 Å². The van der Waals surface area contributed by atoms with E-state index in [1.807, 2.05) is 6.92 Å². The van der Waals surface area contributed by atoms with Crippen LogP contribution in [-0.4, -0.2) is 18.6 Å². The van der Waals surface area contributed by atoms with Crippen LogP contribution >= 0.6 is 11.6 Å². The van der Waals surface area contributed by atoms with Crippen LogP contribution in [0, 0.1) is 5.82 Å². The van der Waals surface area contributed by atoms with Crippen molar-refractivity contribution in [3.63, 3.8) is 0 Å². The van der Waals surface area contributed by atoms with Gasteiger partial charge in [-0.05, 0) is 25.5 Å². The second-order valence-electron chi connectivity index (χ2n) is 5.31. The zero-order chi connectivity index (χ0) is 16.3. The van der Waals surface area contributed by atoms with Gasteiger partial charge in [0.1, 0.15) is 23.6 Å². The molecule has 0 radical (unpaired) electrons. The van der Waals surface area contributed by atoms with Gasteiger partial charge in [-0.3, -0.25) is 4.79 Å². The molecule has 1 aromatic heterocycles. The normalized spacial score (nSPS) is 14.0. The summed E-state index contributed by atoms with van der Waals surface area (Å²) in [5.74, 6) is -1.79. The minimum atomic E-state index is -0.808. The molecule has 2 unspecified atom stereocenters. The molecule has 0 amide bonds. The molecular weight excluding hydrogens is 309 g/mol. The number of ether oxygens (including phenoxy) is 1. The van der Waals surface area contributed by atoms with Crippen LogP contribution in [0.4, 0.5) is 4.39 Å². The molecule has 120 valence electrons. The summed E-state index contributed by atoms with van der Waals surface area (Å²) in [5.41, 5.74) is 6.65. The molecule has 0 fully saturated rings. The van der Waals surface area contributed by atoms with Gasteiger partial charge in [-0.15, -0.1) is 0 Å². The molecule has 2 rings (SSSR count). The van der Waals surface area contributed by atoms with E-state index >= 15 is 0 Å². The lowest BCUT2D eigenvalue weighted by molar-refractivity contribution is -0.146. The zero-order valence-electron chi connectivity index (χ0n) is 12.6. The Hall–Kier alpha value is -1.59. The van der Waals surface area contributed by atoms with Crippen molar-refractivity contribution in [1.29, 1.82) is 0 Å². The molecule has 0 bridgehead atoms. The van der Waals surface area contributed by atoms with E-state index in [-0.39, 0.29) is 0 Å². The maximum atomic E-state index is 13.9. The van der Waals surface area contributed by atoms with Gasteiger partial charge in [0.15, 0.2) is 0 Å². The largest absolute Gasteiger partial charge is 0.465 e. The predicted molar refractivity (Wildman–Crippen MR) is 83.4 cm³/mol. The molecule has 0 saturated carbocycles. The average molecular weight is 328 g/mol. The van der Waals surface area contributed by atoms with Crippen molar-refractivity contribution in [3.05, 3.63) is 34.8 Å². The van der Waals surface area contributed by atoms with Crippen molar-refractivity contribution >= 4 is 28.5 Å². The summed E-state index contributed by atoms with van der Waals surface area (Å²) >= 11 is 5.97. The van der Waals surface area contributed by atoms with Crippen molar-refractivity contribution in [2.24, 2.45) is 5.73 Å². The summed E-state index contributed by atoms with van der Waals surface area (Å²) in [6.45, 7) is 3.99. The zero-order valence-corrected chi connectivity index (χ0v) is 13.3. The number of hydrogen-bond acceptors (Lipinski definition) is 4. The number of rotatable bonds is 6. The first-order chi connectivity index (χ1) is 10.5. The van der Waals surface area contributed by atoms with Crippen LogP contribution < -0.4 is 5.73 Å². The molecule has 0 aliphatic heterocycles. The van der Waals surface area contributed by atoms with Crippen molar-refractivity contribution in [3.8, 4) is 0 Å². The predicted octanol–water partition coefficient (Wildman–Crippen LogP) is 4.00. The highest BCUT2D eigenvalue weighted by Gasteiger charge is 2.30. The molecule has 0 spiro atoms. The van der Waals surface area contributed by atoms with Crippen molar-refractivity contribution in [2.45, 2.75) is 38.6 Å². The van der Waals surface area contributed by atoms with Crippen molar-refractivity contribution in [2.75, 3.05) is 6.61 Å². The quantitative estimate of drug-likeness (QED) is 0.643. The topological polar surface area (TPSA) is 65.5 Å². The molecule has 22 heavy (non-hydrogen) atoms. The third-order valence-corrected chi connectivity index (χ3v) is 3.77. The minimum absolute atomic E-state index is 0.290. The molecule has 1 aromatic carbocycles. The molecule has 0 aliphatic rings. The fraction of sp³-hybridized carbons (Fsp3) is 0.438. The van der Waals surface area contributed by atoms with E-state index in [4.69, 9.17) is 26.5 Å². The highest BCUT2D eigenvalue weighted by Crippen LogP contribution is 2.34. The van der Waals surface area contributed by atoms with Gasteiger partial charge in [-0.1, -0.05) is 24.9 Å². The number of carbonyl (C=O) groups excluding carboxylic acids is 1. The van der Waals surface area contributed by atoms with E-state index in [1.165, 1.54) is 18.4 Å². The lowest BCUT2D eigenvalue weighted by Gasteiger charge is -2.20. The van der Waals surface area contributed by atoms with Crippen LogP contribution in [0.1, 0.15) is 38.2 Å². The molecule has 2 atom stereocenters. The number of nitrogens with two attached hydrogens (primary N) is 1. The van der Waals surface area contributed by atoms with Gasteiger partial charge in [-0.25, -0.2) is 4.39 Å². The van der Waals surface area contributed by atoms with Crippen LogP contribution in [0.25, 0.3) is 11.0 Å². The summed E-state index contributed by atoms with van der Waals surface area (Å²) in [5, 5.41) is 0.710. The van der Waals surface area contributed by atoms with Gasteiger partial charge in [0, 0.05) is 17.0 Å². The summed E-state index contributed by atoms with van der Waals surface area (Å²) in [6.07, 6.45) is 2.99. The maximum Gasteiger partial charge on any atom is 0.315 e. The number of fused-ring (bicyclic) bond motifs is 1. The number of benzene rings is 1. The van der Waals surface area contributed by atoms with Crippen LogP contribution in [-0.2, 0) is 9.53 Å². The summed E-state index contributed by atoms with van der Waals surface area (Å²) < 4.78 is 24.5. The summed E-state index contributed by atoms with van der Waals surface area (Å²) in [7, 11) is 0. The SMILES string of the molecule is CCCCOC(=O)C(c1cc(F)cc2c(Cl)coc12)C(C)N. The lowest BCUT2D eigenvalue weighted by atomic mass is 9.91. The Morgan fingerprint density at radius 3 is 2.86 bits per heavy atom. The molecule has 0 aliphatic carbocycles. The molecule has 6 heteroatoms. The number of halogens is 2. The average Bonchev–Trinajstić information content (AvgIpc) is 2.80. The molecule has 2 N–H and O–H groups in total. The second-order valence-corrected chi connectivity index (χ2v) is 5.72. The number of furan rings is 1. The first kappa shape index (κ1) is 16.8. The van der Waals surface area contributed by atoms with Crippen molar-refractivity contribution in [1.82, 2.24) is 0 Å². The van der Waals surface area contributed by atoms with Gasteiger partial charge in [0.05, 0.1) is 11.6 Å². The standard InChI is InChI=1S/C16H19ClFNO3/c1-3-4-5-21-16(20)14(9(2)19)12-7-10(18)6-11-13(17)8-22-15(11)12/h6-9,14H,3-5,19H2,1-2H3. The molecule has 0 saturated heterocycles. The van der Waals surface area contributed by atoms with Crippen molar-refractivity contribution < 1.29 is 18.3 Å². The third kappa shape index (κ3) is 3.42. The molecule has 4 nitrogen and oxygen atoms in total. The Bertz CT molecular complexity index is 669. The van der Waals surface area contributed by atoms with Crippen LogP contribution in [0.3, 0.4) is 0 Å². The monoisotopic (exact) mass is 327 g/mol. The van der Waals surface area contributed by atoms with Gasteiger partial charge < -0.3 is 14.9 Å². The van der Waals surface area contributed by atoms with Gasteiger partial charge in [-0.2, -0.15) is 0 Å². The fourth-order valence-corrected chi connectivity index (χ4v) is 2.55. The first-order valence-corrected chi connectivity index (χ1v) is 7.61. The number of hydrogen-bond donors (Lipinski definition) is 1. The Balaban J connectivity index is 2.42. The Morgan fingerprint density at radius 2 is 2.23 bits per heavy atom. The smallest absolute Gasteiger partial charge is 0.315 e. The highest BCUT2D eigenvalue weighted by atomic mass is 35.5. The fourth-order valence-electron chi connectivity index (χ4n) is 2.36. The number of unbranched alkanes of at least 4 members (excludes halogenated alkanes) is 1. The van der Waals surface area contributed by atoms with E-state index in [0.717, 1.165) is 12.8 Å². The Morgan fingerprint density at radius 1 is 1.50 bits per heavy atom. The van der Waals surface area contributed by atoms with Crippen LogP contribution in [0.5, 0.6) is 0 Å². The van der Waals surface area contributed by atoms with E-state index in [1.54, 1.807) is 6.92 Å². The summed E-state index contributed by atoms with van der Waals surface area (Å²) in [4.78, 5) is 12.3. The highest BCUT2D eigenvalue weighted by molar-refractivity contribution is 6.35. The third-order valence-electron chi connectivity index (χ3n) is 3.48. The van der Waals surface area contributed by atoms with E-state index < -0.39 is 23.7 Å². The van der Waals surface area contributed by atoms with Gasteiger partial charge in [0.25, 0.3) is 0 Å². The second kappa shape index (κ2) is 7.11. The Kier molecular flexibility index (Phi) is 5.42. The first-order valence-electron chi connectivity index (χ1n) is 7.24. The molecular formula is C16H19ClFNO3. The van der Waals surface area contributed by atoms with Gasteiger partial charge >= 0.3 is 5.97 Å². The number of esters is 1. The molecule has 2 aromatic rings.